The van der Waals surface area contributed by atoms with Crippen LogP contribution in [0.4, 0.5) is 0 Å². The van der Waals surface area contributed by atoms with Crippen LogP contribution in [-0.2, 0) is 18.7 Å². The van der Waals surface area contributed by atoms with Gasteiger partial charge in [-0.3, -0.25) is 4.79 Å². The van der Waals surface area contributed by atoms with Crippen molar-refractivity contribution in [2.45, 2.75) is 111 Å². The standard InChI is InChI=1S/C15H18OSi.C12H19ClO.C11H19ClO2.C6H9Cl/c1-13(2)16-17(14-9-5-3-6-10-14)15-11-7-4-8-12-15;1-3-10(2)12-11(7-9-14-12)6-4-5-8-13;1-10(2)14-8-6-11(9-13)5-3-4-7-12;1-2-3-4-5-6-7/h3-13,17H,1-2H3;3,7,10,12H,1,4-6,8-9H2,2H3;6,9-10H,3-5,7-8H2,1-2H3;1H,3-6H2/b;;11-6-;/t;10-,12?;;/m.0../s1. The molecule has 8 heteroatoms. The monoisotopic (exact) mass is 790 g/mol. The van der Waals surface area contributed by atoms with Crippen LogP contribution in [0.3, 0.4) is 0 Å². The minimum absolute atomic E-state index is 0.210. The molecule has 2 atom stereocenters. The highest BCUT2D eigenvalue weighted by Crippen LogP contribution is 2.26. The second-order valence-electron chi connectivity index (χ2n) is 12.9. The van der Waals surface area contributed by atoms with Gasteiger partial charge in [0.05, 0.1) is 25.4 Å². The van der Waals surface area contributed by atoms with Crippen molar-refractivity contribution in [2.24, 2.45) is 5.92 Å². The Balaban J connectivity index is 0.000000693. The van der Waals surface area contributed by atoms with E-state index < -0.39 is 9.04 Å². The molecule has 0 bridgehead atoms. The van der Waals surface area contributed by atoms with Crippen molar-refractivity contribution in [2.75, 3.05) is 30.9 Å². The van der Waals surface area contributed by atoms with Crippen LogP contribution in [0, 0.1) is 18.3 Å². The summed E-state index contributed by atoms with van der Waals surface area (Å²) >= 11 is 16.6. The van der Waals surface area contributed by atoms with Gasteiger partial charge >= 0.3 is 0 Å². The van der Waals surface area contributed by atoms with Gasteiger partial charge in [-0.25, -0.2) is 0 Å². The number of terminal acetylenes is 1. The zero-order valence-electron chi connectivity index (χ0n) is 32.4. The third-order valence-corrected chi connectivity index (χ3v) is 11.4. The van der Waals surface area contributed by atoms with Crippen molar-refractivity contribution < 1.29 is 18.7 Å². The van der Waals surface area contributed by atoms with Gasteiger partial charge in [-0.15, -0.1) is 53.7 Å². The molecule has 0 aliphatic carbocycles. The van der Waals surface area contributed by atoms with E-state index in [1.165, 1.54) is 22.4 Å². The first-order chi connectivity index (χ1) is 25.2. The van der Waals surface area contributed by atoms with Crippen molar-refractivity contribution in [1.29, 1.82) is 0 Å². The molecule has 0 amide bonds. The van der Waals surface area contributed by atoms with Gasteiger partial charge in [0, 0.05) is 36.1 Å². The SMILES string of the molecule is C#CCCCCCl.C=C[C@H](C)C1OCC=C1CCCCCl.CC(C)OC/C=C(\C=O)CCCCCl.CC(C)O[SiH](c1ccccc1)c1ccccc1. The number of alkyl halides is 3. The molecule has 290 valence electrons. The number of benzene rings is 2. The van der Waals surface area contributed by atoms with Crippen LogP contribution in [-0.4, -0.2) is 64.5 Å². The smallest absolute Gasteiger partial charge is 0.240 e. The topological polar surface area (TPSA) is 44.8 Å². The summed E-state index contributed by atoms with van der Waals surface area (Å²) in [4.78, 5) is 10.6. The first-order valence-electron chi connectivity index (χ1n) is 18.7. The lowest BCUT2D eigenvalue weighted by atomic mass is 9.95. The molecule has 1 aliphatic heterocycles. The zero-order valence-corrected chi connectivity index (χ0v) is 35.8. The summed E-state index contributed by atoms with van der Waals surface area (Å²) < 4.78 is 17.1. The quantitative estimate of drug-likeness (QED) is 0.0240. The number of carbonyl (C=O) groups excluding carboxylic acids is 1. The maximum atomic E-state index is 10.6. The molecule has 2 aromatic rings. The molecule has 0 saturated carbocycles. The lowest BCUT2D eigenvalue weighted by Gasteiger charge is -2.19. The van der Waals surface area contributed by atoms with Crippen LogP contribution in [0.2, 0.25) is 0 Å². The van der Waals surface area contributed by atoms with E-state index in [1.807, 2.05) is 26.0 Å². The van der Waals surface area contributed by atoms with Gasteiger partial charge in [0.15, 0.2) is 0 Å². The Morgan fingerprint density at radius 1 is 0.885 bits per heavy atom. The van der Waals surface area contributed by atoms with Crippen LogP contribution in [0.15, 0.2) is 96.6 Å². The molecule has 0 aromatic heterocycles. The van der Waals surface area contributed by atoms with Crippen LogP contribution >= 0.6 is 34.8 Å². The van der Waals surface area contributed by atoms with E-state index in [4.69, 9.17) is 55.1 Å². The maximum Gasteiger partial charge on any atom is 0.240 e. The minimum atomic E-state index is -1.51. The Labute approximate surface area is 334 Å². The molecule has 0 fully saturated rings. The summed E-state index contributed by atoms with van der Waals surface area (Å²) in [6, 6.07) is 21.1. The summed E-state index contributed by atoms with van der Waals surface area (Å²) in [5, 5.41) is 2.68. The average Bonchev–Trinajstić information content (AvgIpc) is 3.63. The zero-order chi connectivity index (χ0) is 38.8. The fourth-order valence-electron chi connectivity index (χ4n) is 4.94. The fourth-order valence-corrected chi connectivity index (χ4v) is 7.90. The van der Waals surface area contributed by atoms with E-state index in [0.717, 1.165) is 81.6 Å². The Morgan fingerprint density at radius 2 is 1.44 bits per heavy atom. The number of unbranched alkanes of at least 4 members (excludes halogenated alkanes) is 4. The molecule has 1 unspecified atom stereocenters. The number of hydrogen-bond acceptors (Lipinski definition) is 4. The van der Waals surface area contributed by atoms with Gasteiger partial charge in [0.25, 0.3) is 0 Å². The average molecular weight is 792 g/mol. The predicted octanol–water partition coefficient (Wildman–Crippen LogP) is 10.5. The van der Waals surface area contributed by atoms with E-state index in [0.29, 0.717) is 18.4 Å². The first-order valence-corrected chi connectivity index (χ1v) is 22.0. The van der Waals surface area contributed by atoms with E-state index in [2.05, 4.69) is 100 Å². The first kappa shape index (κ1) is 49.9. The Kier molecular flexibility index (Phi) is 33.2. The van der Waals surface area contributed by atoms with Gasteiger partial charge in [-0.2, -0.15) is 0 Å². The van der Waals surface area contributed by atoms with E-state index in [-0.39, 0.29) is 18.3 Å². The second-order valence-corrected chi connectivity index (χ2v) is 16.4. The predicted molar refractivity (Wildman–Crippen MR) is 230 cm³/mol. The van der Waals surface area contributed by atoms with Crippen LogP contribution in [0.5, 0.6) is 0 Å². The van der Waals surface area contributed by atoms with Crippen molar-refractivity contribution in [3.63, 3.8) is 0 Å². The molecule has 0 radical (unpaired) electrons. The van der Waals surface area contributed by atoms with Gasteiger partial charge in [0.2, 0.25) is 9.04 Å². The summed E-state index contributed by atoms with van der Waals surface area (Å²) in [6.45, 7) is 15.4. The fraction of sp³-hybridized carbons (Fsp3) is 0.523. The molecule has 0 N–H and O–H groups in total. The Morgan fingerprint density at radius 3 is 1.92 bits per heavy atom. The number of hydrogen-bond donors (Lipinski definition) is 0. The van der Waals surface area contributed by atoms with Gasteiger partial charge in [-0.05, 0) is 101 Å². The van der Waals surface area contributed by atoms with E-state index in [9.17, 15) is 4.79 Å². The van der Waals surface area contributed by atoms with Crippen LogP contribution in [0.1, 0.15) is 92.4 Å². The van der Waals surface area contributed by atoms with Crippen molar-refractivity contribution in [1.82, 2.24) is 0 Å². The van der Waals surface area contributed by atoms with Gasteiger partial charge < -0.3 is 13.9 Å². The largest absolute Gasteiger partial charge is 0.409 e. The molecular formula is C44H65Cl3O4Si. The molecule has 4 nitrogen and oxygen atoms in total. The molecule has 52 heavy (non-hydrogen) atoms. The number of carbonyl (C=O) groups is 1. The maximum absolute atomic E-state index is 10.6. The van der Waals surface area contributed by atoms with Crippen LogP contribution < -0.4 is 10.4 Å². The number of halogens is 3. The molecule has 1 aliphatic rings. The molecule has 0 saturated heterocycles. The highest BCUT2D eigenvalue weighted by atomic mass is 35.5. The lowest BCUT2D eigenvalue weighted by molar-refractivity contribution is -0.105. The number of rotatable bonds is 21. The Bertz CT molecular complexity index is 1210. The van der Waals surface area contributed by atoms with E-state index >= 15 is 0 Å². The minimum Gasteiger partial charge on any atom is -0.409 e. The Hall–Kier alpha value is -2.14. The summed E-state index contributed by atoms with van der Waals surface area (Å²) in [7, 11) is -1.51. The third-order valence-electron chi connectivity index (χ3n) is 7.78. The molecule has 0 spiro atoms. The summed E-state index contributed by atoms with van der Waals surface area (Å²) in [6.07, 6.45) is 21.7. The van der Waals surface area contributed by atoms with Crippen LogP contribution in [0.25, 0.3) is 0 Å². The molecular weight excluding hydrogens is 727 g/mol. The van der Waals surface area contributed by atoms with Crippen molar-refractivity contribution in [3.05, 3.63) is 96.6 Å². The number of ether oxygens (including phenoxy) is 2. The molecule has 1 heterocycles. The highest BCUT2D eigenvalue weighted by molar-refractivity contribution is 6.80. The van der Waals surface area contributed by atoms with Crippen molar-refractivity contribution in [3.8, 4) is 12.3 Å². The number of aldehydes is 1. The van der Waals surface area contributed by atoms with Crippen molar-refractivity contribution >= 4 is 60.5 Å². The van der Waals surface area contributed by atoms with Gasteiger partial charge in [0.1, 0.15) is 6.29 Å². The lowest BCUT2D eigenvalue weighted by Crippen LogP contribution is -2.46. The molecule has 3 rings (SSSR count). The third kappa shape index (κ3) is 25.8. The van der Waals surface area contributed by atoms with Gasteiger partial charge in [-0.1, -0.05) is 85.8 Å². The highest BCUT2D eigenvalue weighted by Gasteiger charge is 2.23. The normalized spacial score (nSPS) is 14.2. The molecule has 2 aromatic carbocycles. The number of allylic oxidation sites excluding steroid dienone is 1. The second kappa shape index (κ2) is 34.6. The summed E-state index contributed by atoms with van der Waals surface area (Å²) in [5.74, 6) is 5.12. The van der Waals surface area contributed by atoms with E-state index in [1.54, 1.807) is 0 Å². The summed E-state index contributed by atoms with van der Waals surface area (Å²) in [5.41, 5.74) is 2.25.